The van der Waals surface area contributed by atoms with Crippen LogP contribution in [0.2, 0.25) is 0 Å². The van der Waals surface area contributed by atoms with Crippen LogP contribution in [0.4, 0.5) is 4.39 Å². The van der Waals surface area contributed by atoms with Crippen LogP contribution in [0, 0.1) is 19.7 Å². The first-order chi connectivity index (χ1) is 9.40. The first kappa shape index (κ1) is 14.7. The lowest BCUT2D eigenvalue weighted by molar-refractivity contribution is 0.0950. The summed E-state index contributed by atoms with van der Waals surface area (Å²) in [5, 5.41) is 7.12. The molecule has 0 saturated heterocycles. The van der Waals surface area contributed by atoms with Crippen LogP contribution >= 0.6 is 15.9 Å². The molecule has 0 bridgehead atoms. The van der Waals surface area contributed by atoms with Crippen LogP contribution in [-0.2, 0) is 13.6 Å². The number of benzene rings is 1. The number of halogens is 2. The van der Waals surface area contributed by atoms with Crippen LogP contribution in [-0.4, -0.2) is 15.7 Å². The van der Waals surface area contributed by atoms with Crippen molar-refractivity contribution in [2.24, 2.45) is 7.05 Å². The third-order valence-corrected chi connectivity index (χ3v) is 3.87. The topological polar surface area (TPSA) is 46.9 Å². The van der Waals surface area contributed by atoms with E-state index in [1.54, 1.807) is 4.68 Å². The fourth-order valence-corrected chi connectivity index (χ4v) is 2.36. The maximum absolute atomic E-state index is 13.1. The maximum atomic E-state index is 13.1. The number of aromatic nitrogens is 2. The van der Waals surface area contributed by atoms with Crippen molar-refractivity contribution in [2.75, 3.05) is 0 Å². The molecule has 6 heteroatoms. The van der Waals surface area contributed by atoms with Gasteiger partial charge in [-0.3, -0.25) is 9.48 Å². The fourth-order valence-electron chi connectivity index (χ4n) is 1.98. The van der Waals surface area contributed by atoms with Crippen molar-refractivity contribution in [1.82, 2.24) is 15.1 Å². The maximum Gasteiger partial charge on any atom is 0.251 e. The molecule has 106 valence electrons. The van der Waals surface area contributed by atoms with Gasteiger partial charge in [0.1, 0.15) is 5.82 Å². The average Bonchev–Trinajstić information content (AvgIpc) is 2.64. The lowest BCUT2D eigenvalue weighted by Crippen LogP contribution is -2.23. The second kappa shape index (κ2) is 5.75. The van der Waals surface area contributed by atoms with E-state index in [2.05, 4.69) is 26.3 Å². The minimum atomic E-state index is -0.388. The largest absolute Gasteiger partial charge is 0.348 e. The van der Waals surface area contributed by atoms with E-state index in [1.807, 2.05) is 20.9 Å². The number of carbonyl (C=O) groups excluding carboxylic acids is 1. The van der Waals surface area contributed by atoms with E-state index in [0.29, 0.717) is 12.1 Å². The van der Waals surface area contributed by atoms with Crippen LogP contribution in [0.5, 0.6) is 0 Å². The van der Waals surface area contributed by atoms with Crippen molar-refractivity contribution >= 4 is 21.8 Å². The first-order valence-electron chi connectivity index (χ1n) is 6.12. The lowest BCUT2D eigenvalue weighted by Gasteiger charge is -2.06. The monoisotopic (exact) mass is 339 g/mol. The highest BCUT2D eigenvalue weighted by Gasteiger charge is 2.12. The Bertz CT molecular complexity index is 667. The van der Waals surface area contributed by atoms with Crippen LogP contribution in [0.15, 0.2) is 22.7 Å². The summed E-state index contributed by atoms with van der Waals surface area (Å²) in [6.45, 7) is 4.26. The van der Waals surface area contributed by atoms with Gasteiger partial charge in [-0.05, 0) is 48.0 Å². The van der Waals surface area contributed by atoms with Gasteiger partial charge in [0, 0.05) is 30.4 Å². The Labute approximate surface area is 125 Å². The number of nitrogens with one attached hydrogen (secondary N) is 1. The standard InChI is InChI=1S/C14H15BrFN3O/c1-8-11(9(2)19(3)18-8)7-17-14(20)10-4-5-13(16)12(15)6-10/h4-6H,7H2,1-3H3,(H,17,20). The summed E-state index contributed by atoms with van der Waals surface area (Å²) in [6, 6.07) is 4.19. The average molecular weight is 340 g/mol. The minimum absolute atomic E-state index is 0.242. The third-order valence-electron chi connectivity index (χ3n) is 3.27. The van der Waals surface area contributed by atoms with Crippen molar-refractivity contribution in [2.45, 2.75) is 20.4 Å². The smallest absolute Gasteiger partial charge is 0.251 e. The van der Waals surface area contributed by atoms with Gasteiger partial charge in [0.2, 0.25) is 0 Å². The summed E-state index contributed by atoms with van der Waals surface area (Å²) in [7, 11) is 1.87. The number of hydrogen-bond donors (Lipinski definition) is 1. The molecule has 1 N–H and O–H groups in total. The quantitative estimate of drug-likeness (QED) is 0.934. The molecule has 2 rings (SSSR count). The number of hydrogen-bond acceptors (Lipinski definition) is 2. The number of nitrogens with zero attached hydrogens (tertiary/aromatic N) is 2. The summed E-state index contributed by atoms with van der Waals surface area (Å²) < 4.78 is 15.2. The van der Waals surface area contributed by atoms with Gasteiger partial charge >= 0.3 is 0 Å². The van der Waals surface area contributed by atoms with Gasteiger partial charge in [0.25, 0.3) is 5.91 Å². The molecule has 1 aromatic carbocycles. The van der Waals surface area contributed by atoms with Gasteiger partial charge in [0.15, 0.2) is 0 Å². The molecule has 0 atom stereocenters. The van der Waals surface area contributed by atoms with Crippen LogP contribution in [0.25, 0.3) is 0 Å². The summed E-state index contributed by atoms with van der Waals surface area (Å²) >= 11 is 3.07. The van der Waals surface area contributed by atoms with Gasteiger partial charge < -0.3 is 5.32 Å². The van der Waals surface area contributed by atoms with E-state index in [4.69, 9.17) is 0 Å². The predicted octanol–water partition coefficient (Wildman–Crippen LogP) is 2.87. The van der Waals surface area contributed by atoms with Crippen molar-refractivity contribution in [3.63, 3.8) is 0 Å². The molecule has 1 heterocycles. The molecule has 0 fully saturated rings. The lowest BCUT2D eigenvalue weighted by atomic mass is 10.1. The van der Waals surface area contributed by atoms with Gasteiger partial charge in [0.05, 0.1) is 10.2 Å². The second-order valence-corrected chi connectivity index (χ2v) is 5.44. The van der Waals surface area contributed by atoms with Crippen molar-refractivity contribution in [1.29, 1.82) is 0 Å². The SMILES string of the molecule is Cc1nn(C)c(C)c1CNC(=O)c1ccc(F)c(Br)c1. The number of rotatable bonds is 3. The highest BCUT2D eigenvalue weighted by molar-refractivity contribution is 9.10. The zero-order valence-electron chi connectivity index (χ0n) is 11.5. The summed E-state index contributed by atoms with van der Waals surface area (Å²) in [5.74, 6) is -0.631. The second-order valence-electron chi connectivity index (χ2n) is 4.58. The normalized spacial score (nSPS) is 10.7. The summed E-state index contributed by atoms with van der Waals surface area (Å²) in [6.07, 6.45) is 0. The molecule has 20 heavy (non-hydrogen) atoms. The van der Waals surface area contributed by atoms with Crippen molar-refractivity contribution < 1.29 is 9.18 Å². The molecule has 1 amide bonds. The van der Waals surface area contributed by atoms with Gasteiger partial charge in [-0.1, -0.05) is 0 Å². The van der Waals surface area contributed by atoms with Gasteiger partial charge in [-0.25, -0.2) is 4.39 Å². The molecule has 0 saturated carbocycles. The van der Waals surface area contributed by atoms with Crippen molar-refractivity contribution in [3.05, 3.63) is 51.0 Å². The highest BCUT2D eigenvalue weighted by Crippen LogP contribution is 2.17. The Kier molecular flexibility index (Phi) is 4.23. The Balaban J connectivity index is 2.10. The first-order valence-corrected chi connectivity index (χ1v) is 6.91. The van der Waals surface area contributed by atoms with Crippen LogP contribution < -0.4 is 5.32 Å². The number of carbonyl (C=O) groups is 1. The van der Waals surface area contributed by atoms with E-state index in [1.165, 1.54) is 18.2 Å². The molecule has 4 nitrogen and oxygen atoms in total. The van der Waals surface area contributed by atoms with Gasteiger partial charge in [-0.15, -0.1) is 0 Å². The van der Waals surface area contributed by atoms with Crippen LogP contribution in [0.3, 0.4) is 0 Å². The Morgan fingerprint density at radius 2 is 2.15 bits per heavy atom. The summed E-state index contributed by atoms with van der Waals surface area (Å²) in [5.41, 5.74) is 3.33. The van der Waals surface area contributed by atoms with E-state index in [0.717, 1.165) is 17.0 Å². The molecule has 2 aromatic rings. The van der Waals surface area contributed by atoms with Gasteiger partial charge in [-0.2, -0.15) is 5.10 Å². The third kappa shape index (κ3) is 2.90. The molecular weight excluding hydrogens is 325 g/mol. The fraction of sp³-hybridized carbons (Fsp3) is 0.286. The predicted molar refractivity (Wildman–Crippen MR) is 78.0 cm³/mol. The van der Waals surface area contributed by atoms with E-state index in [9.17, 15) is 9.18 Å². The molecule has 0 radical (unpaired) electrons. The molecule has 0 unspecified atom stereocenters. The highest BCUT2D eigenvalue weighted by atomic mass is 79.9. The molecule has 0 aliphatic carbocycles. The van der Waals surface area contributed by atoms with E-state index in [-0.39, 0.29) is 16.2 Å². The zero-order chi connectivity index (χ0) is 14.9. The Morgan fingerprint density at radius 1 is 1.45 bits per heavy atom. The molecular formula is C14H15BrFN3O. The molecule has 1 aromatic heterocycles. The Hall–Kier alpha value is -1.69. The zero-order valence-corrected chi connectivity index (χ0v) is 13.1. The number of aryl methyl sites for hydroxylation is 2. The summed E-state index contributed by atoms with van der Waals surface area (Å²) in [4.78, 5) is 12.0. The number of amides is 1. The molecule has 0 aliphatic rings. The van der Waals surface area contributed by atoms with Crippen molar-refractivity contribution in [3.8, 4) is 0 Å². The molecule has 0 aliphatic heterocycles. The van der Waals surface area contributed by atoms with E-state index < -0.39 is 0 Å². The minimum Gasteiger partial charge on any atom is -0.348 e. The molecule has 0 spiro atoms. The Morgan fingerprint density at radius 3 is 2.70 bits per heavy atom. The van der Waals surface area contributed by atoms with Crippen LogP contribution in [0.1, 0.15) is 27.3 Å². The van der Waals surface area contributed by atoms with E-state index >= 15 is 0 Å².